The van der Waals surface area contributed by atoms with Gasteiger partial charge in [0.05, 0.1) is 22.1 Å². The van der Waals surface area contributed by atoms with E-state index in [0.29, 0.717) is 5.56 Å². The number of carbonyl (C=O) groups is 1. The standard InChI is InChI=1S/C60H72N6O2S2/c1-5-9-13-17-37-62-54-35-33-52(42-56(54)64(59(62)69)39-19-15-11-7-3)66(53-34-36-55-57(43-53)65(40-20-16-12-8-4)60(70)63(55)38-18-14-10-6-2)51-31-29-49(30-32-51)48-27-25-47(26-28-48)46-23-21-45(22-24-46)41-50(44-61)58(67)68/h21-36,41-43H,5-20,37-40H2,1-4H3,(H,67,68)/b50-41+. The molecule has 8 nitrogen and oxygen atoms in total. The topological polar surface area (TPSA) is 84.1 Å². The van der Waals surface area contributed by atoms with Gasteiger partial charge in [0.1, 0.15) is 11.6 Å². The molecule has 0 amide bonds. The van der Waals surface area contributed by atoms with Crippen molar-refractivity contribution in [3.05, 3.63) is 130 Å². The van der Waals surface area contributed by atoms with Crippen molar-refractivity contribution in [2.75, 3.05) is 4.90 Å². The fourth-order valence-corrected chi connectivity index (χ4v) is 10.5. The first kappa shape index (κ1) is 51.8. The van der Waals surface area contributed by atoms with Gasteiger partial charge < -0.3 is 28.3 Å². The molecule has 0 aliphatic rings. The zero-order valence-electron chi connectivity index (χ0n) is 42.0. The molecule has 0 saturated heterocycles. The van der Waals surface area contributed by atoms with Gasteiger partial charge in [-0.25, -0.2) is 4.79 Å². The first-order valence-corrected chi connectivity index (χ1v) is 26.9. The molecule has 2 heterocycles. The summed E-state index contributed by atoms with van der Waals surface area (Å²) in [6, 6.07) is 40.7. The molecular weight excluding hydrogens is 901 g/mol. The van der Waals surface area contributed by atoms with Crippen LogP contribution >= 0.6 is 24.4 Å². The Kier molecular flexibility index (Phi) is 19.0. The highest BCUT2D eigenvalue weighted by atomic mass is 32.1. The Balaban J connectivity index is 1.30. The SMILES string of the molecule is CCCCCCn1c(=S)n(CCCCCC)c2cc(N(c3ccc(-c4ccc(-c5ccc(/C=C(\C#N)C(=O)O)cc5)cc4)cc3)c3ccc4c(c3)n(CCCCCC)c(=S)n4CCCCCC)ccc21. The van der Waals surface area contributed by atoms with Gasteiger partial charge in [-0.3, -0.25) is 0 Å². The van der Waals surface area contributed by atoms with Crippen molar-refractivity contribution in [2.24, 2.45) is 0 Å². The van der Waals surface area contributed by atoms with Crippen molar-refractivity contribution < 1.29 is 9.90 Å². The van der Waals surface area contributed by atoms with Gasteiger partial charge in [0.15, 0.2) is 9.54 Å². The molecule has 0 fully saturated rings. The predicted molar refractivity (Wildman–Crippen MR) is 298 cm³/mol. The second-order valence-corrected chi connectivity index (χ2v) is 19.5. The van der Waals surface area contributed by atoms with E-state index in [0.717, 1.165) is 101 Å². The van der Waals surface area contributed by atoms with Gasteiger partial charge in [0.25, 0.3) is 0 Å². The Labute approximate surface area is 426 Å². The van der Waals surface area contributed by atoms with Crippen molar-refractivity contribution in [2.45, 2.75) is 157 Å². The molecule has 0 atom stereocenters. The maximum Gasteiger partial charge on any atom is 0.346 e. The summed E-state index contributed by atoms with van der Waals surface area (Å²) < 4.78 is 11.4. The minimum Gasteiger partial charge on any atom is -0.477 e. The molecule has 0 unspecified atom stereocenters. The van der Waals surface area contributed by atoms with Crippen molar-refractivity contribution in [3.8, 4) is 28.3 Å². The third-order valence-corrected chi connectivity index (χ3v) is 14.6. The van der Waals surface area contributed by atoms with E-state index in [1.807, 2.05) is 24.3 Å². The normalized spacial score (nSPS) is 11.7. The van der Waals surface area contributed by atoms with Gasteiger partial charge in [-0.05, 0) is 133 Å². The second kappa shape index (κ2) is 25.7. The van der Waals surface area contributed by atoms with Gasteiger partial charge in [-0.2, -0.15) is 5.26 Å². The zero-order chi connectivity index (χ0) is 49.4. The Bertz CT molecular complexity index is 2900. The van der Waals surface area contributed by atoms with E-state index in [1.54, 1.807) is 6.07 Å². The van der Waals surface area contributed by atoms with Crippen LogP contribution in [0.25, 0.3) is 50.4 Å². The monoisotopic (exact) mass is 973 g/mol. The average Bonchev–Trinajstić information content (AvgIpc) is 3.80. The van der Waals surface area contributed by atoms with Crippen LogP contribution in [0.4, 0.5) is 17.1 Å². The van der Waals surface area contributed by atoms with Crippen LogP contribution < -0.4 is 4.90 Å². The molecule has 10 heteroatoms. The molecule has 7 rings (SSSR count). The lowest BCUT2D eigenvalue weighted by Crippen LogP contribution is -2.10. The number of aliphatic carboxylic acids is 1. The summed E-state index contributed by atoms with van der Waals surface area (Å²) in [5.41, 5.74) is 12.7. The number of nitriles is 1. The maximum atomic E-state index is 11.4. The number of hydrogen-bond donors (Lipinski definition) is 1. The lowest BCUT2D eigenvalue weighted by molar-refractivity contribution is -0.132. The van der Waals surface area contributed by atoms with Crippen molar-refractivity contribution in [1.29, 1.82) is 5.26 Å². The third-order valence-electron chi connectivity index (χ3n) is 13.7. The fourth-order valence-electron chi connectivity index (χ4n) is 9.73. The Morgan fingerprint density at radius 3 is 1.16 bits per heavy atom. The van der Waals surface area contributed by atoms with Crippen LogP contribution in [0.1, 0.15) is 136 Å². The summed E-state index contributed by atoms with van der Waals surface area (Å²) in [6.07, 6.45) is 20.4. The third kappa shape index (κ3) is 12.5. The van der Waals surface area contributed by atoms with E-state index in [1.165, 1.54) is 105 Å². The number of fused-ring (bicyclic) bond motifs is 2. The highest BCUT2D eigenvalue weighted by Crippen LogP contribution is 2.40. The van der Waals surface area contributed by atoms with Crippen molar-refractivity contribution in [1.82, 2.24) is 18.3 Å². The summed E-state index contributed by atoms with van der Waals surface area (Å²) in [5, 5.41) is 18.5. The van der Waals surface area contributed by atoms with Gasteiger partial charge in [0, 0.05) is 43.2 Å². The van der Waals surface area contributed by atoms with Crippen LogP contribution in [0.5, 0.6) is 0 Å². The van der Waals surface area contributed by atoms with Crippen molar-refractivity contribution >= 4 is 75.6 Å². The number of carboxylic acid groups (broad SMARTS) is 1. The lowest BCUT2D eigenvalue weighted by Gasteiger charge is -2.26. The highest BCUT2D eigenvalue weighted by molar-refractivity contribution is 7.71. The zero-order valence-corrected chi connectivity index (χ0v) is 43.6. The predicted octanol–water partition coefficient (Wildman–Crippen LogP) is 17.8. The van der Waals surface area contributed by atoms with E-state index in [9.17, 15) is 15.2 Å². The first-order valence-electron chi connectivity index (χ1n) is 26.1. The summed E-state index contributed by atoms with van der Waals surface area (Å²) in [5.74, 6) is -1.23. The molecule has 366 valence electrons. The largest absolute Gasteiger partial charge is 0.477 e. The van der Waals surface area contributed by atoms with Crippen LogP contribution in [0.3, 0.4) is 0 Å². The first-order chi connectivity index (χ1) is 34.2. The number of carboxylic acids is 1. The molecule has 0 bridgehead atoms. The molecular formula is C60H72N6O2S2. The molecule has 0 spiro atoms. The Hall–Kier alpha value is -6.02. The maximum absolute atomic E-state index is 11.4. The van der Waals surface area contributed by atoms with E-state index in [4.69, 9.17) is 24.4 Å². The van der Waals surface area contributed by atoms with E-state index < -0.39 is 5.97 Å². The van der Waals surface area contributed by atoms with E-state index >= 15 is 0 Å². The minimum atomic E-state index is -1.23. The summed E-state index contributed by atoms with van der Waals surface area (Å²) in [7, 11) is 0. The van der Waals surface area contributed by atoms with Gasteiger partial charge >= 0.3 is 5.97 Å². The molecule has 7 aromatic rings. The number of imidazole rings is 2. The van der Waals surface area contributed by atoms with Crippen LogP contribution in [-0.4, -0.2) is 29.3 Å². The Morgan fingerprint density at radius 1 is 0.486 bits per heavy atom. The lowest BCUT2D eigenvalue weighted by atomic mass is 9.99. The van der Waals surface area contributed by atoms with Gasteiger partial charge in [-0.1, -0.05) is 165 Å². The quantitative estimate of drug-likeness (QED) is 0.0239. The number of benzene rings is 5. The average molecular weight is 973 g/mol. The number of rotatable bonds is 27. The molecule has 2 aromatic heterocycles. The molecule has 70 heavy (non-hydrogen) atoms. The Morgan fingerprint density at radius 2 is 0.814 bits per heavy atom. The van der Waals surface area contributed by atoms with E-state index in [-0.39, 0.29) is 5.57 Å². The van der Waals surface area contributed by atoms with Gasteiger partial charge in [0.2, 0.25) is 0 Å². The number of anilines is 3. The number of aryl methyl sites for hydroxylation is 4. The van der Waals surface area contributed by atoms with Crippen LogP contribution in [0, 0.1) is 20.9 Å². The van der Waals surface area contributed by atoms with Crippen LogP contribution in [-0.2, 0) is 31.0 Å². The molecule has 0 aliphatic carbocycles. The summed E-state index contributed by atoms with van der Waals surface area (Å²) >= 11 is 12.6. The van der Waals surface area contributed by atoms with Crippen molar-refractivity contribution in [3.63, 3.8) is 0 Å². The van der Waals surface area contributed by atoms with Gasteiger partial charge in [-0.15, -0.1) is 0 Å². The molecule has 0 aliphatic heterocycles. The minimum absolute atomic E-state index is 0.292. The summed E-state index contributed by atoms with van der Waals surface area (Å²) in [6.45, 7) is 12.7. The van der Waals surface area contributed by atoms with Crippen LogP contribution in [0.15, 0.2) is 115 Å². The van der Waals surface area contributed by atoms with Crippen LogP contribution in [0.2, 0.25) is 0 Å². The summed E-state index contributed by atoms with van der Waals surface area (Å²) in [4.78, 5) is 13.8. The number of nitrogens with zero attached hydrogens (tertiary/aromatic N) is 6. The molecule has 5 aromatic carbocycles. The highest BCUT2D eigenvalue weighted by Gasteiger charge is 2.20. The van der Waals surface area contributed by atoms with E-state index in [2.05, 4.69) is 136 Å². The smallest absolute Gasteiger partial charge is 0.346 e. The number of aromatic nitrogens is 4. The number of unbranched alkanes of at least 4 members (excludes halogenated alkanes) is 12. The molecule has 1 N–H and O–H groups in total. The fraction of sp³-hybridized carbons (Fsp3) is 0.400. The second-order valence-electron chi connectivity index (χ2n) is 18.8. The molecule has 0 saturated carbocycles. The number of hydrogen-bond acceptors (Lipinski definition) is 5. The molecule has 0 radical (unpaired) electrons.